The molecule has 0 fully saturated rings. The summed E-state index contributed by atoms with van der Waals surface area (Å²) in [4.78, 5) is 20.3. The Hall–Kier alpha value is -1.16. The summed E-state index contributed by atoms with van der Waals surface area (Å²) in [5.41, 5.74) is 3.32. The Morgan fingerprint density at radius 3 is 2.40 bits per heavy atom. The molecule has 1 atom stereocenters. The molecule has 0 aliphatic heterocycles. The van der Waals surface area contributed by atoms with Crippen molar-refractivity contribution in [3.8, 4) is 0 Å². The van der Waals surface area contributed by atoms with Gasteiger partial charge in [0.05, 0.1) is 0 Å². The van der Waals surface area contributed by atoms with Gasteiger partial charge in [0.1, 0.15) is 0 Å². The molecule has 0 heterocycles. The Morgan fingerprint density at radius 1 is 1.80 bits per heavy atom. The average molecular weight is 143 g/mol. The number of carbonyl (C=O) groups excluding carboxylic acids is 1. The van der Waals surface area contributed by atoms with Crippen LogP contribution in [0.15, 0.2) is 12.7 Å². The SMILES string of the molecule is C=CCC(N)(C=O)C(=O)O. The van der Waals surface area contributed by atoms with E-state index in [9.17, 15) is 9.59 Å². The highest BCUT2D eigenvalue weighted by Crippen LogP contribution is 2.02. The van der Waals surface area contributed by atoms with Crippen molar-refractivity contribution in [3.05, 3.63) is 12.7 Å². The van der Waals surface area contributed by atoms with Crippen molar-refractivity contribution in [3.63, 3.8) is 0 Å². The molecule has 0 amide bonds. The highest BCUT2D eigenvalue weighted by Gasteiger charge is 2.31. The van der Waals surface area contributed by atoms with Gasteiger partial charge in [-0.15, -0.1) is 6.58 Å². The van der Waals surface area contributed by atoms with E-state index in [1.165, 1.54) is 6.08 Å². The van der Waals surface area contributed by atoms with Gasteiger partial charge in [-0.05, 0) is 0 Å². The topological polar surface area (TPSA) is 80.4 Å². The summed E-state index contributed by atoms with van der Waals surface area (Å²) in [6, 6.07) is 0. The normalized spacial score (nSPS) is 15.3. The molecule has 3 N–H and O–H groups in total. The van der Waals surface area contributed by atoms with Crippen molar-refractivity contribution in [2.45, 2.75) is 12.0 Å². The minimum atomic E-state index is -1.79. The van der Waals surface area contributed by atoms with Crippen molar-refractivity contribution in [1.82, 2.24) is 0 Å². The van der Waals surface area contributed by atoms with Crippen LogP contribution in [-0.2, 0) is 9.59 Å². The predicted octanol–water partition coefficient (Wildman–Crippen LogP) is -0.457. The van der Waals surface area contributed by atoms with Crippen LogP contribution in [0.2, 0.25) is 0 Å². The first-order valence-corrected chi connectivity index (χ1v) is 2.66. The Balaban J connectivity index is 4.36. The zero-order valence-corrected chi connectivity index (χ0v) is 5.41. The van der Waals surface area contributed by atoms with Gasteiger partial charge in [0.15, 0.2) is 11.8 Å². The number of nitrogens with two attached hydrogens (primary N) is 1. The number of aldehydes is 1. The third-order valence-electron chi connectivity index (χ3n) is 1.09. The van der Waals surface area contributed by atoms with E-state index in [1.54, 1.807) is 0 Å². The lowest BCUT2D eigenvalue weighted by atomic mass is 9.99. The maximum atomic E-state index is 10.2. The van der Waals surface area contributed by atoms with Gasteiger partial charge in [-0.3, -0.25) is 0 Å². The van der Waals surface area contributed by atoms with Crippen LogP contribution in [0.25, 0.3) is 0 Å². The molecule has 56 valence electrons. The van der Waals surface area contributed by atoms with Gasteiger partial charge in [-0.25, -0.2) is 4.79 Å². The molecular formula is C6H9NO3. The second-order valence-electron chi connectivity index (χ2n) is 1.96. The van der Waals surface area contributed by atoms with E-state index in [4.69, 9.17) is 10.8 Å². The van der Waals surface area contributed by atoms with E-state index in [1.807, 2.05) is 0 Å². The van der Waals surface area contributed by atoms with E-state index in [2.05, 4.69) is 6.58 Å². The van der Waals surface area contributed by atoms with E-state index in [0.29, 0.717) is 0 Å². The third kappa shape index (κ3) is 1.66. The lowest BCUT2D eigenvalue weighted by molar-refractivity contribution is -0.145. The third-order valence-corrected chi connectivity index (χ3v) is 1.09. The molecule has 0 saturated heterocycles. The predicted molar refractivity (Wildman–Crippen MR) is 35.4 cm³/mol. The molecular weight excluding hydrogens is 134 g/mol. The van der Waals surface area contributed by atoms with Gasteiger partial charge in [-0.1, -0.05) is 6.08 Å². The zero-order chi connectivity index (χ0) is 8.20. The Labute approximate surface area is 58.3 Å². The molecule has 1 unspecified atom stereocenters. The molecule has 0 aromatic heterocycles. The largest absolute Gasteiger partial charge is 0.480 e. The molecule has 0 bridgehead atoms. The van der Waals surface area contributed by atoms with Crippen LogP contribution in [0.4, 0.5) is 0 Å². The standard InChI is InChI=1S/C6H9NO3/c1-2-3-6(7,4-8)5(9)10/h2,4H,1,3,7H2,(H,9,10). The molecule has 10 heavy (non-hydrogen) atoms. The molecule has 4 heteroatoms. The summed E-state index contributed by atoms with van der Waals surface area (Å²) in [6.07, 6.45) is 1.45. The number of hydrogen-bond donors (Lipinski definition) is 2. The van der Waals surface area contributed by atoms with Crippen LogP contribution < -0.4 is 5.73 Å². The van der Waals surface area contributed by atoms with E-state index in [0.717, 1.165) is 0 Å². The molecule has 0 aliphatic rings. The highest BCUT2D eigenvalue weighted by molar-refractivity contribution is 5.96. The van der Waals surface area contributed by atoms with Gasteiger partial charge in [0.25, 0.3) is 0 Å². The van der Waals surface area contributed by atoms with Crippen LogP contribution in [0.5, 0.6) is 0 Å². The minimum Gasteiger partial charge on any atom is -0.480 e. The monoisotopic (exact) mass is 143 g/mol. The summed E-state index contributed by atoms with van der Waals surface area (Å²) in [5.74, 6) is -1.33. The molecule has 0 rings (SSSR count). The fraction of sp³-hybridized carbons (Fsp3) is 0.333. The van der Waals surface area contributed by atoms with Crippen molar-refractivity contribution >= 4 is 12.3 Å². The summed E-state index contributed by atoms with van der Waals surface area (Å²) in [6.45, 7) is 3.27. The van der Waals surface area contributed by atoms with Crippen LogP contribution in [0, 0.1) is 0 Å². The Kier molecular flexibility index (Phi) is 2.76. The smallest absolute Gasteiger partial charge is 0.331 e. The molecule has 0 saturated carbocycles. The number of hydrogen-bond acceptors (Lipinski definition) is 3. The van der Waals surface area contributed by atoms with E-state index < -0.39 is 11.5 Å². The van der Waals surface area contributed by atoms with Gasteiger partial charge >= 0.3 is 5.97 Å². The molecule has 0 aliphatic carbocycles. The number of rotatable bonds is 4. The minimum absolute atomic E-state index is 0.0498. The van der Waals surface area contributed by atoms with E-state index in [-0.39, 0.29) is 12.7 Å². The first-order valence-electron chi connectivity index (χ1n) is 2.66. The maximum absolute atomic E-state index is 10.2. The van der Waals surface area contributed by atoms with Crippen LogP contribution in [0.3, 0.4) is 0 Å². The first kappa shape index (κ1) is 8.84. The van der Waals surface area contributed by atoms with Crippen molar-refractivity contribution in [1.29, 1.82) is 0 Å². The fourth-order valence-corrected chi connectivity index (χ4v) is 0.425. The van der Waals surface area contributed by atoms with Crippen molar-refractivity contribution < 1.29 is 14.7 Å². The lowest BCUT2D eigenvalue weighted by Gasteiger charge is -2.13. The summed E-state index contributed by atoms with van der Waals surface area (Å²) < 4.78 is 0. The molecule has 0 aromatic carbocycles. The van der Waals surface area contributed by atoms with Gasteiger partial charge < -0.3 is 15.6 Å². The maximum Gasteiger partial charge on any atom is 0.331 e. The number of carboxylic acids is 1. The lowest BCUT2D eigenvalue weighted by Crippen LogP contribution is -2.49. The first-order chi connectivity index (χ1) is 4.56. The molecule has 0 spiro atoms. The summed E-state index contributed by atoms with van der Waals surface area (Å²) >= 11 is 0. The van der Waals surface area contributed by atoms with Crippen LogP contribution in [-0.4, -0.2) is 22.9 Å². The molecule has 0 aromatic rings. The molecule has 4 nitrogen and oxygen atoms in total. The summed E-state index contributed by atoms with van der Waals surface area (Å²) in [5, 5.41) is 8.36. The Morgan fingerprint density at radius 2 is 2.30 bits per heavy atom. The second kappa shape index (κ2) is 3.12. The number of aliphatic carboxylic acids is 1. The van der Waals surface area contributed by atoms with Gasteiger partial charge in [-0.2, -0.15) is 0 Å². The quantitative estimate of drug-likeness (QED) is 0.317. The Bertz CT molecular complexity index is 166. The fourth-order valence-electron chi connectivity index (χ4n) is 0.425. The molecule has 0 radical (unpaired) electrons. The van der Waals surface area contributed by atoms with E-state index >= 15 is 0 Å². The zero-order valence-electron chi connectivity index (χ0n) is 5.41. The van der Waals surface area contributed by atoms with Gasteiger partial charge in [0.2, 0.25) is 0 Å². The summed E-state index contributed by atoms with van der Waals surface area (Å²) in [7, 11) is 0. The van der Waals surface area contributed by atoms with Crippen molar-refractivity contribution in [2.75, 3.05) is 0 Å². The van der Waals surface area contributed by atoms with Crippen LogP contribution in [0.1, 0.15) is 6.42 Å². The average Bonchev–Trinajstić information content (AvgIpc) is 1.88. The number of carbonyl (C=O) groups is 2. The van der Waals surface area contributed by atoms with Crippen LogP contribution >= 0.6 is 0 Å². The van der Waals surface area contributed by atoms with Gasteiger partial charge in [0, 0.05) is 6.42 Å². The highest BCUT2D eigenvalue weighted by atomic mass is 16.4. The second-order valence-corrected chi connectivity index (χ2v) is 1.96. The van der Waals surface area contributed by atoms with Crippen molar-refractivity contribution in [2.24, 2.45) is 5.73 Å². The number of carboxylic acid groups (broad SMARTS) is 1.